The Labute approximate surface area is 124 Å². The number of ether oxygens (including phenoxy) is 1. The van der Waals surface area contributed by atoms with Crippen molar-refractivity contribution in [3.05, 3.63) is 47.9 Å². The number of benzene rings is 1. The number of nitrogens with zero attached hydrogens (tertiary/aromatic N) is 2. The summed E-state index contributed by atoms with van der Waals surface area (Å²) in [6, 6.07) is 7.94. The van der Waals surface area contributed by atoms with E-state index in [1.54, 1.807) is 12.2 Å². The summed E-state index contributed by atoms with van der Waals surface area (Å²) in [6.45, 7) is 3.05. The topological polar surface area (TPSA) is 74.7 Å². The van der Waals surface area contributed by atoms with Gasteiger partial charge in [0.05, 0.1) is 29.9 Å². The fourth-order valence-electron chi connectivity index (χ4n) is 1.95. The Bertz CT molecular complexity index is 626. The van der Waals surface area contributed by atoms with E-state index in [0.717, 1.165) is 17.9 Å². The van der Waals surface area contributed by atoms with Gasteiger partial charge in [-0.25, -0.2) is 4.99 Å². The van der Waals surface area contributed by atoms with Gasteiger partial charge in [0.1, 0.15) is 5.76 Å². The lowest BCUT2D eigenvalue weighted by atomic mass is 10.1. The van der Waals surface area contributed by atoms with Crippen LogP contribution < -0.4 is 10.6 Å². The third-order valence-corrected chi connectivity index (χ3v) is 3.36. The van der Waals surface area contributed by atoms with E-state index in [0.29, 0.717) is 17.2 Å². The molecule has 0 spiro atoms. The van der Waals surface area contributed by atoms with Crippen molar-refractivity contribution in [2.75, 3.05) is 25.6 Å². The number of nitrogens with one attached hydrogen (secondary N) is 1. The first kappa shape index (κ1) is 14.8. The van der Waals surface area contributed by atoms with E-state index in [-0.39, 0.29) is 5.71 Å². The number of anilines is 1. The van der Waals surface area contributed by atoms with E-state index in [1.807, 2.05) is 31.3 Å². The molecule has 0 atom stereocenters. The van der Waals surface area contributed by atoms with Gasteiger partial charge in [0.25, 0.3) is 0 Å². The SMILES string of the molecule is CCN(C)c1ccc(/N=C2/C=C(OC)C(=N)C=C2N)cc1. The van der Waals surface area contributed by atoms with Crippen LogP contribution in [0.2, 0.25) is 0 Å². The van der Waals surface area contributed by atoms with E-state index in [4.69, 9.17) is 15.9 Å². The van der Waals surface area contributed by atoms with Crippen molar-refractivity contribution < 1.29 is 4.74 Å². The van der Waals surface area contributed by atoms with Crippen LogP contribution in [0.1, 0.15) is 6.92 Å². The summed E-state index contributed by atoms with van der Waals surface area (Å²) in [5, 5.41) is 7.73. The minimum Gasteiger partial charge on any atom is -0.494 e. The van der Waals surface area contributed by atoms with Crippen LogP contribution in [0.25, 0.3) is 0 Å². The summed E-state index contributed by atoms with van der Waals surface area (Å²) in [5.41, 5.74) is 9.21. The van der Waals surface area contributed by atoms with Crippen LogP contribution in [-0.4, -0.2) is 32.1 Å². The summed E-state index contributed by atoms with van der Waals surface area (Å²) < 4.78 is 5.13. The number of aliphatic imine (C=N–C) groups is 1. The van der Waals surface area contributed by atoms with Crippen LogP contribution >= 0.6 is 0 Å². The van der Waals surface area contributed by atoms with E-state index in [9.17, 15) is 0 Å². The third kappa shape index (κ3) is 3.31. The molecule has 0 aromatic heterocycles. The Balaban J connectivity index is 2.29. The highest BCUT2D eigenvalue weighted by atomic mass is 16.5. The first-order chi connectivity index (χ1) is 10.0. The van der Waals surface area contributed by atoms with E-state index < -0.39 is 0 Å². The molecule has 0 radical (unpaired) electrons. The zero-order chi connectivity index (χ0) is 15.4. The molecule has 110 valence electrons. The average Bonchev–Trinajstić information content (AvgIpc) is 2.50. The molecular formula is C16H20N4O. The number of methoxy groups -OCH3 is 1. The maximum absolute atomic E-state index is 7.73. The number of allylic oxidation sites excluding steroid dienone is 2. The summed E-state index contributed by atoms with van der Waals surface area (Å²) >= 11 is 0. The zero-order valence-electron chi connectivity index (χ0n) is 12.6. The lowest BCUT2D eigenvalue weighted by Gasteiger charge is -2.16. The van der Waals surface area contributed by atoms with Crippen LogP contribution in [0.4, 0.5) is 11.4 Å². The van der Waals surface area contributed by atoms with Crippen LogP contribution in [0, 0.1) is 5.41 Å². The second-order valence-corrected chi connectivity index (χ2v) is 4.75. The van der Waals surface area contributed by atoms with Crippen molar-refractivity contribution in [2.24, 2.45) is 10.7 Å². The Morgan fingerprint density at radius 2 is 1.90 bits per heavy atom. The molecule has 0 amide bonds. The molecule has 5 heteroatoms. The van der Waals surface area contributed by atoms with Crippen LogP contribution in [0.15, 0.2) is 52.9 Å². The maximum atomic E-state index is 7.73. The fraction of sp³-hybridized carbons (Fsp3) is 0.250. The summed E-state index contributed by atoms with van der Waals surface area (Å²) in [4.78, 5) is 6.66. The highest BCUT2D eigenvalue weighted by Crippen LogP contribution is 2.21. The largest absolute Gasteiger partial charge is 0.494 e. The van der Waals surface area contributed by atoms with Gasteiger partial charge in [-0.2, -0.15) is 0 Å². The van der Waals surface area contributed by atoms with Crippen molar-refractivity contribution in [1.29, 1.82) is 5.41 Å². The highest BCUT2D eigenvalue weighted by Gasteiger charge is 2.14. The predicted molar refractivity (Wildman–Crippen MR) is 87.6 cm³/mol. The zero-order valence-corrected chi connectivity index (χ0v) is 12.6. The molecule has 0 unspecified atom stereocenters. The number of hydrogen-bond acceptors (Lipinski definition) is 5. The Morgan fingerprint density at radius 1 is 1.24 bits per heavy atom. The first-order valence-electron chi connectivity index (χ1n) is 6.77. The summed E-state index contributed by atoms with van der Waals surface area (Å²) in [5.74, 6) is 0.463. The van der Waals surface area contributed by atoms with Crippen molar-refractivity contribution in [3.8, 4) is 0 Å². The molecule has 0 saturated heterocycles. The molecule has 3 N–H and O–H groups in total. The first-order valence-corrected chi connectivity index (χ1v) is 6.77. The molecule has 0 bridgehead atoms. The summed E-state index contributed by atoms with van der Waals surface area (Å²) in [7, 11) is 3.57. The third-order valence-electron chi connectivity index (χ3n) is 3.36. The molecule has 0 saturated carbocycles. The lowest BCUT2D eigenvalue weighted by Crippen LogP contribution is -2.19. The Kier molecular flexibility index (Phi) is 4.42. The number of hydrogen-bond donors (Lipinski definition) is 2. The Morgan fingerprint density at radius 3 is 2.48 bits per heavy atom. The highest BCUT2D eigenvalue weighted by molar-refractivity contribution is 6.22. The van der Waals surface area contributed by atoms with Gasteiger partial charge in [-0.05, 0) is 37.3 Å². The molecule has 1 aliphatic rings. The van der Waals surface area contributed by atoms with Crippen molar-refractivity contribution in [3.63, 3.8) is 0 Å². The van der Waals surface area contributed by atoms with Gasteiger partial charge < -0.3 is 15.4 Å². The molecule has 0 heterocycles. The van der Waals surface area contributed by atoms with E-state index >= 15 is 0 Å². The lowest BCUT2D eigenvalue weighted by molar-refractivity contribution is 0.315. The molecule has 2 rings (SSSR count). The Hall–Kier alpha value is -2.56. The molecule has 1 aromatic rings. The molecule has 1 aliphatic carbocycles. The van der Waals surface area contributed by atoms with Crippen LogP contribution in [0.5, 0.6) is 0 Å². The number of rotatable bonds is 4. The normalized spacial score (nSPS) is 16.5. The van der Waals surface area contributed by atoms with Crippen molar-refractivity contribution in [1.82, 2.24) is 0 Å². The monoisotopic (exact) mass is 284 g/mol. The molecule has 21 heavy (non-hydrogen) atoms. The smallest absolute Gasteiger partial charge is 0.146 e. The minimum absolute atomic E-state index is 0.258. The van der Waals surface area contributed by atoms with Gasteiger partial charge in [0, 0.05) is 25.4 Å². The van der Waals surface area contributed by atoms with Gasteiger partial charge >= 0.3 is 0 Å². The van der Waals surface area contributed by atoms with Gasteiger partial charge in [0.15, 0.2) is 0 Å². The van der Waals surface area contributed by atoms with Gasteiger partial charge in [-0.3, -0.25) is 5.41 Å². The minimum atomic E-state index is 0.258. The average molecular weight is 284 g/mol. The van der Waals surface area contributed by atoms with Gasteiger partial charge in [-0.15, -0.1) is 0 Å². The molecule has 1 aromatic carbocycles. The quantitative estimate of drug-likeness (QED) is 0.835. The van der Waals surface area contributed by atoms with Crippen LogP contribution in [0.3, 0.4) is 0 Å². The molecule has 5 nitrogen and oxygen atoms in total. The van der Waals surface area contributed by atoms with Crippen molar-refractivity contribution in [2.45, 2.75) is 6.92 Å². The standard InChI is InChI=1S/C16H20N4O/c1-4-20(2)12-7-5-11(6-8-12)19-15-10-16(21-3)14(18)9-13(15)17/h5-10,18H,4,17H2,1-3H3/b18-14?,19-15-. The second kappa shape index (κ2) is 6.26. The van der Waals surface area contributed by atoms with E-state index in [2.05, 4.69) is 16.8 Å². The molecular weight excluding hydrogens is 264 g/mol. The van der Waals surface area contributed by atoms with Gasteiger partial charge in [0.2, 0.25) is 0 Å². The van der Waals surface area contributed by atoms with Crippen LogP contribution in [-0.2, 0) is 4.74 Å². The van der Waals surface area contributed by atoms with Gasteiger partial charge in [-0.1, -0.05) is 0 Å². The second-order valence-electron chi connectivity index (χ2n) is 4.75. The maximum Gasteiger partial charge on any atom is 0.146 e. The molecule has 0 fully saturated rings. The summed E-state index contributed by atoms with van der Waals surface area (Å²) in [6.07, 6.45) is 3.24. The van der Waals surface area contributed by atoms with Crippen molar-refractivity contribution >= 4 is 22.8 Å². The fourth-order valence-corrected chi connectivity index (χ4v) is 1.95. The predicted octanol–water partition coefficient (Wildman–Crippen LogP) is 2.62. The number of nitrogens with two attached hydrogens (primary N) is 1. The van der Waals surface area contributed by atoms with E-state index in [1.165, 1.54) is 7.11 Å². The molecule has 0 aliphatic heterocycles.